The molecule has 1 aromatic carbocycles. The van der Waals surface area contributed by atoms with Crippen molar-refractivity contribution in [2.75, 3.05) is 19.8 Å². The number of hydrogen-bond acceptors (Lipinski definition) is 3. The third-order valence-electron chi connectivity index (χ3n) is 1.97. The summed E-state index contributed by atoms with van der Waals surface area (Å²) in [4.78, 5) is 0. The predicted octanol–water partition coefficient (Wildman–Crippen LogP) is 3.20. The van der Waals surface area contributed by atoms with Crippen LogP contribution in [0.3, 0.4) is 0 Å². The molecular weight excluding hydrogens is 315 g/mol. The first kappa shape index (κ1) is 20.0. The SMILES string of the molecule is CCO[SiH](OCC)OCC.Fc1cc(F)c(F)c(F)c1F. The van der Waals surface area contributed by atoms with Crippen LogP contribution in [0.5, 0.6) is 0 Å². The summed E-state index contributed by atoms with van der Waals surface area (Å²) in [7, 11) is -1.73. The summed E-state index contributed by atoms with van der Waals surface area (Å²) in [6.07, 6.45) is 0. The van der Waals surface area contributed by atoms with E-state index in [0.29, 0.717) is 19.8 Å². The van der Waals surface area contributed by atoms with Crippen molar-refractivity contribution >= 4 is 9.53 Å². The van der Waals surface area contributed by atoms with Gasteiger partial charge in [0.15, 0.2) is 23.3 Å². The van der Waals surface area contributed by atoms with Crippen molar-refractivity contribution in [1.29, 1.82) is 0 Å². The van der Waals surface area contributed by atoms with Crippen molar-refractivity contribution in [2.24, 2.45) is 0 Å². The predicted molar refractivity (Wildman–Crippen MR) is 68.3 cm³/mol. The molecule has 0 aliphatic carbocycles. The molecule has 0 aromatic heterocycles. The molecule has 1 aromatic rings. The van der Waals surface area contributed by atoms with Gasteiger partial charge in [0.2, 0.25) is 5.82 Å². The lowest BCUT2D eigenvalue weighted by atomic mass is 10.3. The molecule has 1 rings (SSSR count). The maximum absolute atomic E-state index is 12.0. The van der Waals surface area contributed by atoms with E-state index >= 15 is 0 Å². The van der Waals surface area contributed by atoms with Gasteiger partial charge in [-0.05, 0) is 20.8 Å². The summed E-state index contributed by atoms with van der Waals surface area (Å²) in [6.45, 7) is 7.86. The molecule has 0 spiro atoms. The van der Waals surface area contributed by atoms with Gasteiger partial charge in [0.25, 0.3) is 0 Å². The fourth-order valence-electron chi connectivity index (χ4n) is 1.10. The molecule has 3 nitrogen and oxygen atoms in total. The zero-order chi connectivity index (χ0) is 16.4. The van der Waals surface area contributed by atoms with E-state index in [2.05, 4.69) is 0 Å². The highest BCUT2D eigenvalue weighted by Crippen LogP contribution is 2.16. The second-order valence-electron chi connectivity index (χ2n) is 3.44. The van der Waals surface area contributed by atoms with Gasteiger partial charge in [0.1, 0.15) is 0 Å². The van der Waals surface area contributed by atoms with Gasteiger partial charge < -0.3 is 13.3 Å². The molecule has 9 heteroatoms. The lowest BCUT2D eigenvalue weighted by Gasteiger charge is -2.12. The van der Waals surface area contributed by atoms with Crippen molar-refractivity contribution in [1.82, 2.24) is 0 Å². The molecule has 0 unspecified atom stereocenters. The van der Waals surface area contributed by atoms with Crippen LogP contribution in [0.1, 0.15) is 20.8 Å². The second-order valence-corrected chi connectivity index (χ2v) is 5.01. The molecule has 0 aliphatic rings. The lowest BCUT2D eigenvalue weighted by molar-refractivity contribution is 0.107. The minimum absolute atomic E-state index is 0.0618. The Morgan fingerprint density at radius 3 is 1.33 bits per heavy atom. The van der Waals surface area contributed by atoms with Gasteiger partial charge in [-0.3, -0.25) is 0 Å². The maximum atomic E-state index is 12.0. The van der Waals surface area contributed by atoms with E-state index in [4.69, 9.17) is 13.3 Å². The van der Waals surface area contributed by atoms with Crippen LogP contribution in [0.25, 0.3) is 0 Å². The topological polar surface area (TPSA) is 27.7 Å². The Labute approximate surface area is 121 Å². The molecule has 0 saturated heterocycles. The molecule has 0 fully saturated rings. The van der Waals surface area contributed by atoms with Gasteiger partial charge in [-0.1, -0.05) is 0 Å². The Hall–Kier alpha value is -1.03. The van der Waals surface area contributed by atoms with Crippen LogP contribution in [0, 0.1) is 29.1 Å². The molecule has 0 amide bonds. The lowest BCUT2D eigenvalue weighted by Crippen LogP contribution is -2.27. The minimum atomic E-state index is -2.14. The van der Waals surface area contributed by atoms with Crippen molar-refractivity contribution in [2.45, 2.75) is 20.8 Å². The summed E-state index contributed by atoms with van der Waals surface area (Å²) < 4.78 is 75.7. The van der Waals surface area contributed by atoms with Crippen molar-refractivity contribution < 1.29 is 35.2 Å². The summed E-state index contributed by atoms with van der Waals surface area (Å²) in [5, 5.41) is 0. The highest BCUT2D eigenvalue weighted by atomic mass is 28.3. The third kappa shape index (κ3) is 6.98. The Bertz CT molecular complexity index is 393. The average molecular weight is 332 g/mol. The zero-order valence-electron chi connectivity index (χ0n) is 11.9. The number of halogens is 5. The molecule has 0 bridgehead atoms. The Kier molecular flexibility index (Phi) is 10.1. The molecule has 0 radical (unpaired) electrons. The molecule has 0 atom stereocenters. The smallest absolute Gasteiger partial charge is 0.376 e. The van der Waals surface area contributed by atoms with Crippen LogP contribution in [0.2, 0.25) is 0 Å². The molecule has 0 aliphatic heterocycles. The van der Waals surface area contributed by atoms with E-state index in [1.807, 2.05) is 20.8 Å². The fourth-order valence-corrected chi connectivity index (χ4v) is 2.20. The van der Waals surface area contributed by atoms with Gasteiger partial charge >= 0.3 is 9.53 Å². The zero-order valence-corrected chi connectivity index (χ0v) is 13.0. The quantitative estimate of drug-likeness (QED) is 0.347. The standard InChI is InChI=1S/C6HF5.C6H16O3Si/c7-2-1-3(8)5(10)6(11)4(2)9;1-4-7-10(8-5-2)9-6-3/h1H;10H,4-6H2,1-3H3. The molecular formula is C12H17F5O3Si. The molecule has 0 N–H and O–H groups in total. The number of benzene rings is 1. The van der Waals surface area contributed by atoms with E-state index in [9.17, 15) is 22.0 Å². The van der Waals surface area contributed by atoms with Crippen LogP contribution in [-0.2, 0) is 13.3 Å². The van der Waals surface area contributed by atoms with Crippen LogP contribution in [-0.4, -0.2) is 29.3 Å². The first-order chi connectivity index (χ1) is 9.88. The van der Waals surface area contributed by atoms with E-state index in [0.717, 1.165) is 0 Å². The summed E-state index contributed by atoms with van der Waals surface area (Å²) >= 11 is 0. The van der Waals surface area contributed by atoms with Gasteiger partial charge in [0, 0.05) is 25.9 Å². The van der Waals surface area contributed by atoms with Crippen LogP contribution in [0.4, 0.5) is 22.0 Å². The van der Waals surface area contributed by atoms with Crippen molar-refractivity contribution in [3.8, 4) is 0 Å². The first-order valence-electron chi connectivity index (χ1n) is 6.22. The highest BCUT2D eigenvalue weighted by molar-refractivity contribution is 6.36. The Morgan fingerprint density at radius 1 is 0.714 bits per heavy atom. The fraction of sp³-hybridized carbons (Fsp3) is 0.500. The van der Waals surface area contributed by atoms with Crippen LogP contribution in [0.15, 0.2) is 6.07 Å². The largest absolute Gasteiger partial charge is 0.484 e. The van der Waals surface area contributed by atoms with E-state index in [-0.39, 0.29) is 6.07 Å². The Morgan fingerprint density at radius 2 is 1.05 bits per heavy atom. The monoisotopic (exact) mass is 332 g/mol. The summed E-state index contributed by atoms with van der Waals surface area (Å²) in [5.41, 5.74) is 0. The number of rotatable bonds is 6. The minimum Gasteiger partial charge on any atom is -0.376 e. The van der Waals surface area contributed by atoms with Gasteiger partial charge in [0.05, 0.1) is 0 Å². The van der Waals surface area contributed by atoms with Gasteiger partial charge in [-0.15, -0.1) is 0 Å². The van der Waals surface area contributed by atoms with E-state index in [1.54, 1.807) is 0 Å². The molecule has 122 valence electrons. The van der Waals surface area contributed by atoms with Gasteiger partial charge in [-0.2, -0.15) is 0 Å². The van der Waals surface area contributed by atoms with Crippen molar-refractivity contribution in [3.63, 3.8) is 0 Å². The summed E-state index contributed by atoms with van der Waals surface area (Å²) in [5.74, 6) is -9.65. The Balaban J connectivity index is 0.000000384. The van der Waals surface area contributed by atoms with Gasteiger partial charge in [-0.25, -0.2) is 22.0 Å². The molecule has 0 heterocycles. The maximum Gasteiger partial charge on any atom is 0.484 e. The molecule has 0 saturated carbocycles. The second kappa shape index (κ2) is 10.7. The van der Waals surface area contributed by atoms with E-state index in [1.165, 1.54) is 0 Å². The highest BCUT2D eigenvalue weighted by Gasteiger charge is 2.18. The van der Waals surface area contributed by atoms with E-state index < -0.39 is 38.6 Å². The normalized spacial score (nSPS) is 10.5. The van der Waals surface area contributed by atoms with Crippen LogP contribution < -0.4 is 0 Å². The number of hydrogen-bond donors (Lipinski definition) is 0. The third-order valence-corrected chi connectivity index (χ3v) is 3.78. The average Bonchev–Trinajstić information content (AvgIpc) is 2.45. The van der Waals surface area contributed by atoms with Crippen molar-refractivity contribution in [3.05, 3.63) is 35.2 Å². The summed E-state index contributed by atoms with van der Waals surface area (Å²) in [6, 6.07) is -0.0618. The first-order valence-corrected chi connectivity index (χ1v) is 7.63. The molecule has 21 heavy (non-hydrogen) atoms. The van der Waals surface area contributed by atoms with Crippen LogP contribution >= 0.6 is 0 Å².